The first-order valence-electron chi connectivity index (χ1n) is 7.12. The number of hydrogen-bond donors (Lipinski definition) is 2. The van der Waals surface area contributed by atoms with E-state index in [1.807, 2.05) is 13.8 Å². The first kappa shape index (κ1) is 18.9. The molecule has 0 aliphatic rings. The van der Waals surface area contributed by atoms with E-state index in [1.165, 1.54) is 11.1 Å². The van der Waals surface area contributed by atoms with E-state index in [-0.39, 0.29) is 18.3 Å². The van der Waals surface area contributed by atoms with Gasteiger partial charge in [0.15, 0.2) is 0 Å². The molecular formula is C16H27ClN2O. The SMILES string of the molecule is CCC(CC)(CN)C(=O)NCCc1cccc(C)c1.Cl. The number of aryl methyl sites for hydroxylation is 1. The van der Waals surface area contributed by atoms with Crippen molar-refractivity contribution in [2.45, 2.75) is 40.0 Å². The first-order valence-corrected chi connectivity index (χ1v) is 7.12. The molecule has 0 aliphatic heterocycles. The molecule has 0 saturated heterocycles. The van der Waals surface area contributed by atoms with Crippen molar-refractivity contribution in [3.63, 3.8) is 0 Å². The summed E-state index contributed by atoms with van der Waals surface area (Å²) in [6.45, 7) is 7.21. The van der Waals surface area contributed by atoms with Gasteiger partial charge in [-0.15, -0.1) is 12.4 Å². The smallest absolute Gasteiger partial charge is 0.227 e. The van der Waals surface area contributed by atoms with Crippen LogP contribution in [0.4, 0.5) is 0 Å². The second-order valence-electron chi connectivity index (χ2n) is 5.19. The van der Waals surface area contributed by atoms with Crippen LogP contribution in [0.5, 0.6) is 0 Å². The summed E-state index contributed by atoms with van der Waals surface area (Å²) < 4.78 is 0. The molecule has 0 unspecified atom stereocenters. The maximum Gasteiger partial charge on any atom is 0.227 e. The van der Waals surface area contributed by atoms with Gasteiger partial charge in [-0.2, -0.15) is 0 Å². The Morgan fingerprint density at radius 2 is 1.95 bits per heavy atom. The Labute approximate surface area is 128 Å². The quantitative estimate of drug-likeness (QED) is 0.813. The molecule has 1 rings (SSSR count). The van der Waals surface area contributed by atoms with Crippen LogP contribution in [-0.2, 0) is 11.2 Å². The zero-order chi connectivity index (χ0) is 14.3. The zero-order valence-electron chi connectivity index (χ0n) is 12.7. The van der Waals surface area contributed by atoms with E-state index in [0.29, 0.717) is 13.1 Å². The van der Waals surface area contributed by atoms with Crippen molar-refractivity contribution in [3.05, 3.63) is 35.4 Å². The third-order valence-electron chi connectivity index (χ3n) is 4.01. The zero-order valence-corrected chi connectivity index (χ0v) is 13.6. The molecule has 0 radical (unpaired) electrons. The lowest BCUT2D eigenvalue weighted by atomic mass is 9.81. The van der Waals surface area contributed by atoms with Crippen LogP contribution in [-0.4, -0.2) is 19.0 Å². The number of carbonyl (C=O) groups excluding carboxylic acids is 1. The summed E-state index contributed by atoms with van der Waals surface area (Å²) in [7, 11) is 0. The van der Waals surface area contributed by atoms with Crippen LogP contribution < -0.4 is 11.1 Å². The predicted molar refractivity (Wildman–Crippen MR) is 87.2 cm³/mol. The van der Waals surface area contributed by atoms with E-state index in [1.54, 1.807) is 0 Å². The highest BCUT2D eigenvalue weighted by molar-refractivity contribution is 5.85. The summed E-state index contributed by atoms with van der Waals surface area (Å²) in [5, 5.41) is 3.03. The normalized spacial score (nSPS) is 10.8. The number of benzene rings is 1. The second-order valence-corrected chi connectivity index (χ2v) is 5.19. The fourth-order valence-corrected chi connectivity index (χ4v) is 2.33. The fraction of sp³-hybridized carbons (Fsp3) is 0.562. The van der Waals surface area contributed by atoms with Crippen LogP contribution in [0.3, 0.4) is 0 Å². The number of hydrogen-bond acceptors (Lipinski definition) is 2. The molecule has 1 aromatic carbocycles. The van der Waals surface area contributed by atoms with Gasteiger partial charge in [0.2, 0.25) is 5.91 Å². The van der Waals surface area contributed by atoms with Crippen LogP contribution in [0.15, 0.2) is 24.3 Å². The van der Waals surface area contributed by atoms with E-state index in [0.717, 1.165) is 19.3 Å². The minimum Gasteiger partial charge on any atom is -0.355 e. The molecule has 20 heavy (non-hydrogen) atoms. The highest BCUT2D eigenvalue weighted by Gasteiger charge is 2.32. The molecule has 0 spiro atoms. The molecule has 0 saturated carbocycles. The first-order chi connectivity index (χ1) is 9.07. The Morgan fingerprint density at radius 1 is 1.30 bits per heavy atom. The summed E-state index contributed by atoms with van der Waals surface area (Å²) in [6.07, 6.45) is 2.44. The van der Waals surface area contributed by atoms with E-state index >= 15 is 0 Å². The van der Waals surface area contributed by atoms with Gasteiger partial charge in [0, 0.05) is 13.1 Å². The van der Waals surface area contributed by atoms with Gasteiger partial charge in [0.05, 0.1) is 5.41 Å². The van der Waals surface area contributed by atoms with E-state index in [9.17, 15) is 4.79 Å². The monoisotopic (exact) mass is 298 g/mol. The average molecular weight is 299 g/mol. The number of rotatable bonds is 7. The molecule has 3 nitrogen and oxygen atoms in total. The van der Waals surface area contributed by atoms with Crippen molar-refractivity contribution < 1.29 is 4.79 Å². The number of nitrogens with one attached hydrogen (secondary N) is 1. The topological polar surface area (TPSA) is 55.1 Å². The van der Waals surface area contributed by atoms with Crippen molar-refractivity contribution >= 4 is 18.3 Å². The molecule has 1 amide bonds. The van der Waals surface area contributed by atoms with Gasteiger partial charge < -0.3 is 11.1 Å². The second kappa shape index (κ2) is 8.98. The molecule has 0 aliphatic carbocycles. The van der Waals surface area contributed by atoms with Crippen LogP contribution in [0.25, 0.3) is 0 Å². The predicted octanol–water partition coefficient (Wildman–Crippen LogP) is 2.84. The van der Waals surface area contributed by atoms with Crippen LogP contribution >= 0.6 is 12.4 Å². The third-order valence-corrected chi connectivity index (χ3v) is 4.01. The van der Waals surface area contributed by atoms with Crippen molar-refractivity contribution in [1.82, 2.24) is 5.32 Å². The Kier molecular flexibility index (Phi) is 8.51. The van der Waals surface area contributed by atoms with Crippen LogP contribution in [0, 0.1) is 12.3 Å². The Morgan fingerprint density at radius 3 is 2.45 bits per heavy atom. The summed E-state index contributed by atoms with van der Waals surface area (Å²) in [4.78, 5) is 12.2. The maximum absolute atomic E-state index is 12.2. The maximum atomic E-state index is 12.2. The lowest BCUT2D eigenvalue weighted by Gasteiger charge is -2.28. The lowest BCUT2D eigenvalue weighted by molar-refractivity contribution is -0.131. The van der Waals surface area contributed by atoms with E-state index in [2.05, 4.69) is 36.5 Å². The van der Waals surface area contributed by atoms with Gasteiger partial charge in [-0.05, 0) is 31.7 Å². The number of halogens is 1. The molecule has 114 valence electrons. The number of nitrogens with two attached hydrogens (primary N) is 1. The summed E-state index contributed by atoms with van der Waals surface area (Å²) in [6, 6.07) is 8.38. The van der Waals surface area contributed by atoms with E-state index < -0.39 is 5.41 Å². The van der Waals surface area contributed by atoms with Gasteiger partial charge in [-0.25, -0.2) is 0 Å². The van der Waals surface area contributed by atoms with Gasteiger partial charge in [-0.1, -0.05) is 43.7 Å². The Balaban J connectivity index is 0.00000361. The Bertz CT molecular complexity index is 408. The van der Waals surface area contributed by atoms with Crippen LogP contribution in [0.2, 0.25) is 0 Å². The molecule has 0 aromatic heterocycles. The van der Waals surface area contributed by atoms with Crippen molar-refractivity contribution in [3.8, 4) is 0 Å². The Hall–Kier alpha value is -1.06. The molecule has 4 heteroatoms. The molecule has 3 N–H and O–H groups in total. The number of amides is 1. The summed E-state index contributed by atoms with van der Waals surface area (Å²) in [5.41, 5.74) is 7.88. The third kappa shape index (κ3) is 4.80. The van der Waals surface area contributed by atoms with Crippen LogP contribution in [0.1, 0.15) is 37.8 Å². The minimum absolute atomic E-state index is 0. The molecule has 0 bridgehead atoms. The summed E-state index contributed by atoms with van der Waals surface area (Å²) >= 11 is 0. The molecule has 1 aromatic rings. The summed E-state index contributed by atoms with van der Waals surface area (Å²) in [5.74, 6) is 0.0904. The van der Waals surface area contributed by atoms with Gasteiger partial charge in [0.25, 0.3) is 0 Å². The van der Waals surface area contributed by atoms with Crippen molar-refractivity contribution in [2.75, 3.05) is 13.1 Å². The van der Waals surface area contributed by atoms with Crippen molar-refractivity contribution in [1.29, 1.82) is 0 Å². The standard InChI is InChI=1S/C16H26N2O.ClH/c1-4-16(5-2,12-17)15(19)18-10-9-14-8-6-7-13(3)11-14;/h6-8,11H,4-5,9-10,12,17H2,1-3H3,(H,18,19);1H. The minimum atomic E-state index is -0.396. The van der Waals surface area contributed by atoms with Crippen molar-refractivity contribution in [2.24, 2.45) is 11.1 Å². The van der Waals surface area contributed by atoms with E-state index in [4.69, 9.17) is 5.73 Å². The average Bonchev–Trinajstić information content (AvgIpc) is 2.41. The highest BCUT2D eigenvalue weighted by atomic mass is 35.5. The molecular weight excluding hydrogens is 272 g/mol. The fourth-order valence-electron chi connectivity index (χ4n) is 2.33. The highest BCUT2D eigenvalue weighted by Crippen LogP contribution is 2.24. The number of carbonyl (C=O) groups is 1. The molecule has 0 atom stereocenters. The van der Waals surface area contributed by atoms with Gasteiger partial charge in [-0.3, -0.25) is 4.79 Å². The van der Waals surface area contributed by atoms with Gasteiger partial charge >= 0.3 is 0 Å². The molecule has 0 heterocycles. The largest absolute Gasteiger partial charge is 0.355 e. The lowest BCUT2D eigenvalue weighted by Crippen LogP contribution is -2.45. The van der Waals surface area contributed by atoms with Gasteiger partial charge in [0.1, 0.15) is 0 Å². The molecule has 0 fully saturated rings.